The fraction of sp³-hybridized carbons (Fsp3) is 0.435. The van der Waals surface area contributed by atoms with Gasteiger partial charge in [0.1, 0.15) is 35.0 Å². The summed E-state index contributed by atoms with van der Waals surface area (Å²) in [5.74, 6) is 0.936. The van der Waals surface area contributed by atoms with Crippen molar-refractivity contribution < 1.29 is 24.1 Å². The number of phenolic OH excluding ortho intramolecular Hbond substituents is 1. The minimum Gasteiger partial charge on any atom is -0.507 e. The van der Waals surface area contributed by atoms with Gasteiger partial charge >= 0.3 is 0 Å². The number of fused-ring (bicyclic) bond motifs is 1. The Morgan fingerprint density at radius 3 is 2.70 bits per heavy atom. The Morgan fingerprint density at radius 2 is 1.97 bits per heavy atom. The van der Waals surface area contributed by atoms with Gasteiger partial charge in [0.05, 0.1) is 19.6 Å². The third-order valence-corrected chi connectivity index (χ3v) is 5.49. The molecule has 0 bridgehead atoms. The van der Waals surface area contributed by atoms with Crippen LogP contribution in [0.25, 0.3) is 0 Å². The van der Waals surface area contributed by atoms with Gasteiger partial charge < -0.3 is 29.1 Å². The topological polar surface area (TPSA) is 71.5 Å². The van der Waals surface area contributed by atoms with Crippen molar-refractivity contribution in [3.05, 3.63) is 42.0 Å². The number of nitrogens with zero attached hydrogens (tertiary/aromatic N) is 2. The van der Waals surface area contributed by atoms with E-state index in [2.05, 4.69) is 4.90 Å². The number of anilines is 2. The zero-order valence-corrected chi connectivity index (χ0v) is 17.7. The van der Waals surface area contributed by atoms with E-state index in [0.29, 0.717) is 24.7 Å². The molecule has 2 aromatic carbocycles. The van der Waals surface area contributed by atoms with E-state index in [1.165, 1.54) is 0 Å². The summed E-state index contributed by atoms with van der Waals surface area (Å²) in [5, 5.41) is 10.5. The van der Waals surface area contributed by atoms with Crippen molar-refractivity contribution in [2.45, 2.75) is 18.9 Å². The normalized spacial score (nSPS) is 21.0. The van der Waals surface area contributed by atoms with Crippen LogP contribution in [0.2, 0.25) is 0 Å². The van der Waals surface area contributed by atoms with Gasteiger partial charge in [-0.3, -0.25) is 4.79 Å². The fourth-order valence-electron chi connectivity index (χ4n) is 3.85. The number of benzene rings is 2. The average Bonchev–Trinajstić information content (AvgIpc) is 2.72. The molecule has 7 heteroatoms. The van der Waals surface area contributed by atoms with Gasteiger partial charge in [-0.15, -0.1) is 0 Å². The summed E-state index contributed by atoms with van der Waals surface area (Å²) in [6, 6.07) is 11.2. The van der Waals surface area contributed by atoms with Crippen LogP contribution in [0, 0.1) is 0 Å². The molecule has 0 aliphatic carbocycles. The maximum Gasteiger partial charge on any atom is 0.174 e. The van der Waals surface area contributed by atoms with Crippen molar-refractivity contribution in [1.82, 2.24) is 0 Å². The first-order valence-electron chi connectivity index (χ1n) is 10.2. The first kappa shape index (κ1) is 20.3. The molecule has 7 nitrogen and oxygen atoms in total. The second-order valence-electron chi connectivity index (χ2n) is 8.27. The van der Waals surface area contributed by atoms with Crippen LogP contribution in [0.4, 0.5) is 11.4 Å². The van der Waals surface area contributed by atoms with Gasteiger partial charge in [0, 0.05) is 56.8 Å². The molecule has 0 radical (unpaired) electrons. The molecule has 0 aromatic heterocycles. The van der Waals surface area contributed by atoms with E-state index in [1.54, 1.807) is 6.07 Å². The molecule has 30 heavy (non-hydrogen) atoms. The van der Waals surface area contributed by atoms with Crippen LogP contribution >= 0.6 is 0 Å². The van der Waals surface area contributed by atoms with Gasteiger partial charge in [0.2, 0.25) is 0 Å². The maximum absolute atomic E-state index is 12.8. The lowest BCUT2D eigenvalue weighted by molar-refractivity contribution is 0.0186. The Kier molecular flexibility index (Phi) is 5.47. The lowest BCUT2D eigenvalue weighted by atomic mass is 9.91. The van der Waals surface area contributed by atoms with Crippen LogP contribution in [0.15, 0.2) is 36.4 Å². The number of rotatable bonds is 5. The minimum absolute atomic E-state index is 0.0411. The molecule has 2 aliphatic heterocycles. The predicted octanol–water partition coefficient (Wildman–Crippen LogP) is 3.10. The molecule has 2 aromatic rings. The molecule has 0 saturated carbocycles. The zero-order valence-electron chi connectivity index (χ0n) is 17.7. The Balaban J connectivity index is 1.54. The molecule has 1 fully saturated rings. The lowest BCUT2D eigenvalue weighted by Crippen LogP contribution is -2.44. The number of carbonyl (C=O) groups excluding carboxylic acids is 1. The lowest BCUT2D eigenvalue weighted by Gasteiger charge is -2.36. The number of hydrogen-bond donors (Lipinski definition) is 1. The maximum atomic E-state index is 12.8. The van der Waals surface area contributed by atoms with Gasteiger partial charge in [-0.1, -0.05) is 6.07 Å². The first-order chi connectivity index (χ1) is 14.3. The van der Waals surface area contributed by atoms with Gasteiger partial charge in [0.15, 0.2) is 5.78 Å². The monoisotopic (exact) mass is 412 g/mol. The minimum atomic E-state index is -0.825. The molecular weight excluding hydrogens is 384 g/mol. The summed E-state index contributed by atoms with van der Waals surface area (Å²) in [4.78, 5) is 16.9. The van der Waals surface area contributed by atoms with E-state index in [-0.39, 0.29) is 30.1 Å². The second-order valence-corrected chi connectivity index (χ2v) is 8.27. The molecular formula is C23H28N2O5. The zero-order chi connectivity index (χ0) is 21.3. The van der Waals surface area contributed by atoms with Gasteiger partial charge in [-0.2, -0.15) is 0 Å². The average molecular weight is 412 g/mol. The number of morpholine rings is 1. The highest BCUT2D eigenvalue weighted by atomic mass is 16.5. The quantitative estimate of drug-likeness (QED) is 0.809. The Labute approximate surface area is 176 Å². The van der Waals surface area contributed by atoms with E-state index < -0.39 is 5.60 Å². The van der Waals surface area contributed by atoms with E-state index in [4.69, 9.17) is 14.2 Å². The molecule has 1 saturated heterocycles. The van der Waals surface area contributed by atoms with Gasteiger partial charge in [-0.25, -0.2) is 0 Å². The summed E-state index contributed by atoms with van der Waals surface area (Å²) in [6.45, 7) is 4.81. The summed E-state index contributed by atoms with van der Waals surface area (Å²) < 4.78 is 17.6. The smallest absolute Gasteiger partial charge is 0.174 e. The number of ketones is 1. The van der Waals surface area contributed by atoms with Crippen LogP contribution in [0.3, 0.4) is 0 Å². The highest BCUT2D eigenvalue weighted by Crippen LogP contribution is 2.41. The number of ether oxygens (including phenoxy) is 3. The highest BCUT2D eigenvalue weighted by Gasteiger charge is 2.39. The number of hydrogen-bond acceptors (Lipinski definition) is 7. The van der Waals surface area contributed by atoms with Crippen LogP contribution in [-0.2, 0) is 4.74 Å². The Hall–Kier alpha value is -2.93. The molecule has 2 heterocycles. The molecule has 0 amide bonds. The predicted molar refractivity (Wildman–Crippen MR) is 115 cm³/mol. The third-order valence-electron chi connectivity index (χ3n) is 5.49. The summed E-state index contributed by atoms with van der Waals surface area (Å²) in [6.07, 6.45) is 0.137. The van der Waals surface area contributed by atoms with Gasteiger partial charge in [-0.05, 0) is 19.1 Å². The van der Waals surface area contributed by atoms with Gasteiger partial charge in [0.25, 0.3) is 0 Å². The van der Waals surface area contributed by atoms with E-state index in [0.717, 1.165) is 24.5 Å². The summed E-state index contributed by atoms with van der Waals surface area (Å²) in [5.41, 5.74) is 1.28. The molecule has 160 valence electrons. The molecule has 1 unspecified atom stereocenters. The molecule has 1 atom stereocenters. The van der Waals surface area contributed by atoms with Crippen LogP contribution in [-0.4, -0.2) is 63.5 Å². The molecule has 1 N–H and O–H groups in total. The van der Waals surface area contributed by atoms with Crippen LogP contribution < -0.4 is 19.3 Å². The van der Waals surface area contributed by atoms with E-state index >= 15 is 0 Å². The summed E-state index contributed by atoms with van der Waals surface area (Å²) >= 11 is 0. The van der Waals surface area contributed by atoms with Crippen molar-refractivity contribution >= 4 is 17.2 Å². The number of phenols is 1. The largest absolute Gasteiger partial charge is 0.507 e. The number of Topliss-reactive ketones (excluding diaryl/α,β-unsaturated/α-hetero) is 1. The van der Waals surface area contributed by atoms with Crippen molar-refractivity contribution in [2.75, 3.05) is 56.8 Å². The van der Waals surface area contributed by atoms with Crippen molar-refractivity contribution in [2.24, 2.45) is 0 Å². The van der Waals surface area contributed by atoms with Crippen molar-refractivity contribution in [3.63, 3.8) is 0 Å². The fourth-order valence-corrected chi connectivity index (χ4v) is 3.85. The van der Waals surface area contributed by atoms with Crippen molar-refractivity contribution in [1.29, 1.82) is 0 Å². The SMILES string of the molecule is CN(C)c1cccc(OCC2(C)CC(=O)c3c(O)cc(N4CCOCC4)cc3O2)c1. The summed E-state index contributed by atoms with van der Waals surface area (Å²) in [7, 11) is 3.94. The van der Waals surface area contributed by atoms with Crippen molar-refractivity contribution in [3.8, 4) is 17.2 Å². The Bertz CT molecular complexity index is 939. The number of aromatic hydroxyl groups is 1. The van der Waals surface area contributed by atoms with Crippen LogP contribution in [0.5, 0.6) is 17.2 Å². The van der Waals surface area contributed by atoms with E-state index in [9.17, 15) is 9.90 Å². The first-order valence-corrected chi connectivity index (χ1v) is 10.2. The van der Waals surface area contributed by atoms with E-state index in [1.807, 2.05) is 56.3 Å². The van der Waals surface area contributed by atoms with Crippen LogP contribution in [0.1, 0.15) is 23.7 Å². The second kappa shape index (κ2) is 8.07. The molecule has 0 spiro atoms. The number of carbonyl (C=O) groups is 1. The molecule has 2 aliphatic rings. The third kappa shape index (κ3) is 4.16. The molecule has 4 rings (SSSR count). The standard InChI is InChI=1S/C23H28N2O5/c1-23(15-29-18-6-4-5-16(11-18)24(2)3)14-20(27)22-19(26)12-17(13-21(22)30-23)25-7-9-28-10-8-25/h4-6,11-13,26H,7-10,14-15H2,1-3H3. The highest BCUT2D eigenvalue weighted by molar-refractivity contribution is 6.03. The Morgan fingerprint density at radius 1 is 1.20 bits per heavy atom.